The smallest absolute Gasteiger partial charge is 0.343 e. The first-order chi connectivity index (χ1) is 16.3. The van der Waals surface area contributed by atoms with Gasteiger partial charge in [0.2, 0.25) is 0 Å². The molecule has 9 nitrogen and oxygen atoms in total. The van der Waals surface area contributed by atoms with Crippen LogP contribution in [0.1, 0.15) is 37.4 Å². The molecule has 172 valence electrons. The SMILES string of the molecule is O=C(NN=Cc1cc(Br)cc(Br)c1OC(=O)c1ccc([N+](=O)[O-])cc1)c1ccc2c(c1)COC2. The van der Waals surface area contributed by atoms with Gasteiger partial charge in [-0.1, -0.05) is 22.0 Å². The number of nitrogens with zero attached hydrogens (tertiary/aromatic N) is 2. The van der Waals surface area contributed by atoms with Crippen molar-refractivity contribution in [2.45, 2.75) is 13.2 Å². The molecule has 0 atom stereocenters. The van der Waals surface area contributed by atoms with Gasteiger partial charge in [-0.25, -0.2) is 10.2 Å². The van der Waals surface area contributed by atoms with E-state index in [1.165, 1.54) is 30.5 Å². The van der Waals surface area contributed by atoms with E-state index in [-0.39, 0.29) is 17.0 Å². The van der Waals surface area contributed by atoms with Crippen molar-refractivity contribution in [3.63, 3.8) is 0 Å². The van der Waals surface area contributed by atoms with Crippen LogP contribution in [0, 0.1) is 10.1 Å². The third kappa shape index (κ3) is 5.38. The molecule has 0 radical (unpaired) electrons. The van der Waals surface area contributed by atoms with Gasteiger partial charge in [0.05, 0.1) is 34.4 Å². The molecule has 0 bridgehead atoms. The summed E-state index contributed by atoms with van der Waals surface area (Å²) in [7, 11) is 0. The number of nitro benzene ring substituents is 1. The van der Waals surface area contributed by atoms with Crippen LogP contribution in [-0.2, 0) is 18.0 Å². The number of carbonyl (C=O) groups excluding carboxylic acids is 2. The molecule has 1 aliphatic heterocycles. The third-order valence-corrected chi connectivity index (χ3v) is 5.95. The van der Waals surface area contributed by atoms with E-state index in [1.807, 2.05) is 6.07 Å². The average Bonchev–Trinajstić information content (AvgIpc) is 3.29. The zero-order chi connectivity index (χ0) is 24.2. The minimum absolute atomic E-state index is 0.136. The van der Waals surface area contributed by atoms with Gasteiger partial charge in [0.15, 0.2) is 5.75 Å². The molecule has 1 heterocycles. The van der Waals surface area contributed by atoms with Crippen LogP contribution >= 0.6 is 31.9 Å². The number of benzene rings is 3. The first kappa shape index (κ1) is 23.7. The van der Waals surface area contributed by atoms with Gasteiger partial charge in [-0.3, -0.25) is 14.9 Å². The molecule has 3 aromatic rings. The highest BCUT2D eigenvalue weighted by Gasteiger charge is 2.17. The zero-order valence-electron chi connectivity index (χ0n) is 17.3. The van der Waals surface area contributed by atoms with Crippen LogP contribution in [0.15, 0.2) is 68.6 Å². The number of amides is 1. The topological polar surface area (TPSA) is 120 Å². The van der Waals surface area contributed by atoms with Crippen LogP contribution < -0.4 is 10.2 Å². The quantitative estimate of drug-likeness (QED) is 0.140. The largest absolute Gasteiger partial charge is 0.421 e. The molecule has 0 fully saturated rings. The maximum Gasteiger partial charge on any atom is 0.343 e. The summed E-state index contributed by atoms with van der Waals surface area (Å²) in [6.07, 6.45) is 1.35. The predicted octanol–water partition coefficient (Wildman–Crippen LogP) is 5.13. The fourth-order valence-corrected chi connectivity index (χ4v) is 4.53. The molecule has 3 aromatic carbocycles. The Labute approximate surface area is 210 Å². The Morgan fingerprint density at radius 1 is 1.03 bits per heavy atom. The lowest BCUT2D eigenvalue weighted by Gasteiger charge is -2.10. The van der Waals surface area contributed by atoms with E-state index in [0.717, 1.165) is 11.1 Å². The summed E-state index contributed by atoms with van der Waals surface area (Å²) in [4.78, 5) is 35.3. The van der Waals surface area contributed by atoms with Crippen molar-refractivity contribution in [3.8, 4) is 5.75 Å². The number of hydrazone groups is 1. The van der Waals surface area contributed by atoms with Crippen molar-refractivity contribution in [3.05, 3.63) is 101 Å². The summed E-state index contributed by atoms with van der Waals surface area (Å²) >= 11 is 6.73. The lowest BCUT2D eigenvalue weighted by molar-refractivity contribution is -0.384. The Kier molecular flexibility index (Phi) is 7.15. The van der Waals surface area contributed by atoms with E-state index in [0.29, 0.717) is 33.3 Å². The molecule has 0 unspecified atom stereocenters. The Bertz CT molecular complexity index is 1330. The second kappa shape index (κ2) is 10.2. The van der Waals surface area contributed by atoms with E-state index >= 15 is 0 Å². The number of fused-ring (bicyclic) bond motifs is 1. The summed E-state index contributed by atoms with van der Waals surface area (Å²) in [5, 5.41) is 14.8. The summed E-state index contributed by atoms with van der Waals surface area (Å²) < 4.78 is 12.0. The van der Waals surface area contributed by atoms with Crippen molar-refractivity contribution in [2.75, 3.05) is 0 Å². The fraction of sp³-hybridized carbons (Fsp3) is 0.0870. The molecule has 11 heteroatoms. The molecule has 0 aromatic heterocycles. The van der Waals surface area contributed by atoms with Gasteiger partial charge in [-0.15, -0.1) is 0 Å². The van der Waals surface area contributed by atoms with Crippen molar-refractivity contribution in [2.24, 2.45) is 5.10 Å². The fourth-order valence-electron chi connectivity index (χ4n) is 3.19. The summed E-state index contributed by atoms with van der Waals surface area (Å²) in [6, 6.07) is 13.7. The Morgan fingerprint density at radius 3 is 2.47 bits per heavy atom. The second-order valence-electron chi connectivity index (χ2n) is 7.17. The van der Waals surface area contributed by atoms with Gasteiger partial charge >= 0.3 is 5.97 Å². The van der Waals surface area contributed by atoms with E-state index in [9.17, 15) is 19.7 Å². The number of hydrogen-bond donors (Lipinski definition) is 1. The number of nitro groups is 1. The first-order valence-electron chi connectivity index (χ1n) is 9.80. The van der Waals surface area contributed by atoms with Crippen LogP contribution in [-0.4, -0.2) is 23.0 Å². The number of hydrogen-bond acceptors (Lipinski definition) is 7. The van der Waals surface area contributed by atoms with Gasteiger partial charge in [-0.05, 0) is 63.5 Å². The maximum atomic E-state index is 12.6. The van der Waals surface area contributed by atoms with Crippen molar-refractivity contribution in [1.29, 1.82) is 0 Å². The zero-order valence-corrected chi connectivity index (χ0v) is 20.5. The normalized spacial score (nSPS) is 12.4. The lowest BCUT2D eigenvalue weighted by atomic mass is 10.1. The van der Waals surface area contributed by atoms with E-state index in [2.05, 4.69) is 42.4 Å². The van der Waals surface area contributed by atoms with Crippen LogP contribution in [0.3, 0.4) is 0 Å². The number of nitrogens with one attached hydrogen (secondary N) is 1. The van der Waals surface area contributed by atoms with Gasteiger partial charge < -0.3 is 9.47 Å². The Balaban J connectivity index is 1.50. The monoisotopic (exact) mass is 587 g/mol. The van der Waals surface area contributed by atoms with Crippen LogP contribution in [0.25, 0.3) is 0 Å². The number of ether oxygens (including phenoxy) is 2. The van der Waals surface area contributed by atoms with Crippen LogP contribution in [0.2, 0.25) is 0 Å². The molecule has 4 rings (SSSR count). The Morgan fingerprint density at radius 2 is 1.74 bits per heavy atom. The van der Waals surface area contributed by atoms with Gasteiger partial charge in [0.1, 0.15) is 0 Å². The molecule has 0 spiro atoms. The molecule has 34 heavy (non-hydrogen) atoms. The third-order valence-electron chi connectivity index (χ3n) is 4.90. The molecule has 1 amide bonds. The first-order valence-corrected chi connectivity index (χ1v) is 11.4. The van der Waals surface area contributed by atoms with E-state index in [4.69, 9.17) is 9.47 Å². The van der Waals surface area contributed by atoms with Gasteiger partial charge in [0, 0.05) is 27.7 Å². The molecule has 1 N–H and O–H groups in total. The van der Waals surface area contributed by atoms with E-state index < -0.39 is 16.8 Å². The number of esters is 1. The molecular formula is C23H15Br2N3O6. The molecule has 1 aliphatic rings. The van der Waals surface area contributed by atoms with Crippen molar-refractivity contribution < 1.29 is 24.0 Å². The van der Waals surface area contributed by atoms with Gasteiger partial charge in [0.25, 0.3) is 11.6 Å². The number of non-ortho nitro benzene ring substituents is 1. The minimum Gasteiger partial charge on any atom is -0.421 e. The molecule has 0 aliphatic carbocycles. The number of rotatable bonds is 6. The van der Waals surface area contributed by atoms with Crippen molar-refractivity contribution >= 4 is 55.6 Å². The average molecular weight is 589 g/mol. The standard InChI is InChI=1S/C23H15Br2N3O6/c24-18-8-16(10-26-27-22(29)14-1-2-15-11-33-12-17(15)7-14)21(20(25)9-18)34-23(30)13-3-5-19(6-4-13)28(31)32/h1-10H,11-12H2,(H,27,29). The summed E-state index contributed by atoms with van der Waals surface area (Å²) in [6.45, 7) is 1.00. The minimum atomic E-state index is -0.711. The number of carbonyl (C=O) groups is 2. The lowest BCUT2D eigenvalue weighted by Crippen LogP contribution is -2.18. The molecule has 0 saturated carbocycles. The van der Waals surface area contributed by atoms with Gasteiger partial charge in [-0.2, -0.15) is 5.10 Å². The highest BCUT2D eigenvalue weighted by molar-refractivity contribution is 9.11. The highest BCUT2D eigenvalue weighted by Crippen LogP contribution is 2.33. The summed E-state index contributed by atoms with van der Waals surface area (Å²) in [5.74, 6) is -0.944. The second-order valence-corrected chi connectivity index (χ2v) is 8.94. The summed E-state index contributed by atoms with van der Waals surface area (Å²) in [5.41, 5.74) is 5.33. The predicted molar refractivity (Wildman–Crippen MR) is 130 cm³/mol. The number of halogens is 2. The maximum absolute atomic E-state index is 12.6. The van der Waals surface area contributed by atoms with E-state index in [1.54, 1.807) is 24.3 Å². The molecule has 0 saturated heterocycles. The van der Waals surface area contributed by atoms with Crippen LogP contribution in [0.5, 0.6) is 5.75 Å². The van der Waals surface area contributed by atoms with Crippen molar-refractivity contribution in [1.82, 2.24) is 5.43 Å². The highest BCUT2D eigenvalue weighted by atomic mass is 79.9. The van der Waals surface area contributed by atoms with Crippen LogP contribution in [0.4, 0.5) is 5.69 Å². The Hall–Kier alpha value is -3.41. The molecular weight excluding hydrogens is 574 g/mol.